The number of aromatic nitrogens is 3. The van der Waals surface area contributed by atoms with Gasteiger partial charge in [0, 0.05) is 17.1 Å². The van der Waals surface area contributed by atoms with Gasteiger partial charge in [-0.2, -0.15) is 4.98 Å². The number of thiophene rings is 1. The summed E-state index contributed by atoms with van der Waals surface area (Å²) in [5.41, 5.74) is 0.916. The molecule has 3 aromatic rings. The monoisotopic (exact) mass is 445 g/mol. The summed E-state index contributed by atoms with van der Waals surface area (Å²) >= 11 is 7.80. The van der Waals surface area contributed by atoms with E-state index in [1.54, 1.807) is 24.5 Å². The summed E-state index contributed by atoms with van der Waals surface area (Å²) < 4.78 is 5.07. The van der Waals surface area contributed by atoms with Gasteiger partial charge in [0.05, 0.1) is 22.7 Å². The summed E-state index contributed by atoms with van der Waals surface area (Å²) in [6, 6.07) is 10.7. The number of carbonyl (C=O) groups excluding carboxylic acids is 1. The molecular formula is C20H20ClN5O3S. The lowest BCUT2D eigenvalue weighted by Crippen LogP contribution is -2.41. The molecule has 1 amide bonds. The van der Waals surface area contributed by atoms with Crippen LogP contribution in [-0.2, 0) is 4.74 Å². The lowest BCUT2D eigenvalue weighted by molar-refractivity contribution is 0.142. The molecule has 1 saturated heterocycles. The number of aliphatic hydroxyl groups is 1. The highest BCUT2D eigenvalue weighted by Gasteiger charge is 2.38. The number of pyridine rings is 1. The van der Waals surface area contributed by atoms with Crippen LogP contribution < -0.4 is 10.2 Å². The van der Waals surface area contributed by atoms with E-state index in [0.29, 0.717) is 0 Å². The zero-order valence-electron chi connectivity index (χ0n) is 16.3. The van der Waals surface area contributed by atoms with Crippen molar-refractivity contribution in [2.45, 2.75) is 32.0 Å². The smallest absolute Gasteiger partial charge is 0.416 e. The highest BCUT2D eigenvalue weighted by atomic mass is 35.5. The van der Waals surface area contributed by atoms with Crippen LogP contribution in [0.3, 0.4) is 0 Å². The fraction of sp³-hybridized carbons (Fsp3) is 0.300. The van der Waals surface area contributed by atoms with E-state index in [2.05, 4.69) is 20.3 Å². The molecule has 1 aliphatic rings. The van der Waals surface area contributed by atoms with E-state index in [-0.39, 0.29) is 29.6 Å². The quantitative estimate of drug-likeness (QED) is 0.550. The van der Waals surface area contributed by atoms with Crippen molar-refractivity contribution in [2.75, 3.05) is 16.8 Å². The van der Waals surface area contributed by atoms with E-state index in [1.165, 1.54) is 11.0 Å². The molecule has 0 radical (unpaired) electrons. The predicted octanol–water partition coefficient (Wildman–Crippen LogP) is 4.13. The van der Waals surface area contributed by atoms with Gasteiger partial charge in [0.2, 0.25) is 5.95 Å². The third-order valence-electron chi connectivity index (χ3n) is 4.71. The number of nitrogens with one attached hydrogen (secondary N) is 1. The van der Waals surface area contributed by atoms with Crippen molar-refractivity contribution in [3.05, 3.63) is 52.6 Å². The number of halogens is 1. The van der Waals surface area contributed by atoms with Gasteiger partial charge in [-0.25, -0.2) is 9.78 Å². The van der Waals surface area contributed by atoms with Crippen LogP contribution in [0.5, 0.6) is 0 Å². The van der Waals surface area contributed by atoms with E-state index in [0.717, 1.165) is 15.4 Å². The third-order valence-corrected chi connectivity index (χ3v) is 6.19. The minimum Gasteiger partial charge on any atom is -0.447 e. The fourth-order valence-corrected chi connectivity index (χ4v) is 4.31. The number of carbonyl (C=O) groups is 1. The second-order valence-corrected chi connectivity index (χ2v) is 8.41. The summed E-state index contributed by atoms with van der Waals surface area (Å²) in [6.45, 7) is 3.67. The first-order valence-corrected chi connectivity index (χ1v) is 10.6. The third kappa shape index (κ3) is 4.23. The Balaban J connectivity index is 1.55. The molecule has 156 valence electrons. The summed E-state index contributed by atoms with van der Waals surface area (Å²) in [6.07, 6.45) is 0.409. The standard InChI is InChI=1S/C20H20ClN5O3S/c1-11(15-6-7-16(30-15)13-5-3-4-8-22-13)23-19-24-17(21)9-18(25-19)26-14(12(2)27)10-29-20(26)28/h3-9,11-12,14,27H,10H2,1-2H3,(H,23,24,25)/t11-,12+,14?/m0/s1. The van der Waals surface area contributed by atoms with Crippen molar-refractivity contribution in [3.63, 3.8) is 0 Å². The average Bonchev–Trinajstić information content (AvgIpc) is 3.35. The number of cyclic esters (lactones) is 1. The highest BCUT2D eigenvalue weighted by molar-refractivity contribution is 7.15. The van der Waals surface area contributed by atoms with Crippen LogP contribution >= 0.6 is 22.9 Å². The van der Waals surface area contributed by atoms with E-state index in [1.807, 2.05) is 37.3 Å². The Labute approximate surface area is 182 Å². The molecule has 8 nitrogen and oxygen atoms in total. The normalized spacial score (nSPS) is 18.2. The Hall–Kier alpha value is -2.75. The van der Waals surface area contributed by atoms with Crippen LogP contribution in [0, 0.1) is 0 Å². The Bertz CT molecular complexity index is 1050. The predicted molar refractivity (Wildman–Crippen MR) is 116 cm³/mol. The van der Waals surface area contributed by atoms with Crippen molar-refractivity contribution >= 4 is 40.8 Å². The molecule has 4 rings (SSSR count). The number of nitrogens with zero attached hydrogens (tertiary/aromatic N) is 4. The molecule has 1 unspecified atom stereocenters. The topological polar surface area (TPSA) is 100 Å². The molecule has 0 aromatic carbocycles. The van der Waals surface area contributed by atoms with Crippen molar-refractivity contribution in [1.82, 2.24) is 15.0 Å². The Morgan fingerprint density at radius 3 is 2.87 bits per heavy atom. The molecule has 0 aliphatic carbocycles. The largest absolute Gasteiger partial charge is 0.447 e. The first-order chi connectivity index (χ1) is 14.4. The van der Waals surface area contributed by atoms with Crippen molar-refractivity contribution < 1.29 is 14.6 Å². The maximum absolute atomic E-state index is 12.2. The second kappa shape index (κ2) is 8.55. The van der Waals surface area contributed by atoms with Crippen LogP contribution in [0.25, 0.3) is 10.6 Å². The van der Waals surface area contributed by atoms with Gasteiger partial charge < -0.3 is 15.2 Å². The van der Waals surface area contributed by atoms with Gasteiger partial charge in [0.1, 0.15) is 23.6 Å². The van der Waals surface area contributed by atoms with Crippen LogP contribution in [0.4, 0.5) is 16.6 Å². The van der Waals surface area contributed by atoms with E-state index < -0.39 is 18.2 Å². The fourth-order valence-electron chi connectivity index (χ4n) is 3.14. The summed E-state index contributed by atoms with van der Waals surface area (Å²) in [4.78, 5) is 28.6. The number of aliphatic hydroxyl groups excluding tert-OH is 1. The number of hydrogen-bond acceptors (Lipinski definition) is 8. The van der Waals surface area contributed by atoms with Gasteiger partial charge in [-0.05, 0) is 38.1 Å². The maximum Gasteiger partial charge on any atom is 0.416 e. The summed E-state index contributed by atoms with van der Waals surface area (Å²) in [7, 11) is 0. The molecule has 1 aliphatic heterocycles. The van der Waals surface area contributed by atoms with Crippen LogP contribution in [0.1, 0.15) is 24.8 Å². The highest BCUT2D eigenvalue weighted by Crippen LogP contribution is 2.32. The van der Waals surface area contributed by atoms with Gasteiger partial charge >= 0.3 is 6.09 Å². The van der Waals surface area contributed by atoms with Crippen LogP contribution in [0.2, 0.25) is 5.15 Å². The molecule has 3 aromatic heterocycles. The minimum atomic E-state index is -0.781. The Morgan fingerprint density at radius 1 is 1.30 bits per heavy atom. The van der Waals surface area contributed by atoms with Crippen LogP contribution in [0.15, 0.2) is 42.6 Å². The molecule has 2 N–H and O–H groups in total. The summed E-state index contributed by atoms with van der Waals surface area (Å²) in [5, 5.41) is 13.4. The molecule has 4 heterocycles. The minimum absolute atomic E-state index is 0.0861. The first kappa shape index (κ1) is 20.5. The van der Waals surface area contributed by atoms with Gasteiger partial charge in [-0.3, -0.25) is 9.88 Å². The number of ether oxygens (including phenoxy) is 1. The summed E-state index contributed by atoms with van der Waals surface area (Å²) in [5.74, 6) is 0.556. The molecule has 10 heteroatoms. The Kier molecular flexibility index (Phi) is 5.85. The number of anilines is 2. The molecule has 1 fully saturated rings. The molecule has 30 heavy (non-hydrogen) atoms. The first-order valence-electron chi connectivity index (χ1n) is 9.38. The lowest BCUT2D eigenvalue weighted by Gasteiger charge is -2.23. The number of rotatable bonds is 6. The van der Waals surface area contributed by atoms with Crippen molar-refractivity contribution in [3.8, 4) is 10.6 Å². The van der Waals surface area contributed by atoms with Gasteiger partial charge in [-0.15, -0.1) is 11.3 Å². The van der Waals surface area contributed by atoms with Gasteiger partial charge in [0.25, 0.3) is 0 Å². The van der Waals surface area contributed by atoms with Crippen LogP contribution in [-0.4, -0.2) is 44.9 Å². The molecule has 0 bridgehead atoms. The molecular weight excluding hydrogens is 426 g/mol. The lowest BCUT2D eigenvalue weighted by atomic mass is 10.2. The second-order valence-electron chi connectivity index (χ2n) is 6.91. The number of amides is 1. The zero-order chi connectivity index (χ0) is 21.3. The SMILES string of the molecule is C[C@H](Nc1nc(Cl)cc(N2C(=O)OCC2[C@@H](C)O)n1)c1ccc(-c2ccccn2)s1. The van der Waals surface area contributed by atoms with E-state index >= 15 is 0 Å². The maximum atomic E-state index is 12.2. The molecule has 0 saturated carbocycles. The van der Waals surface area contributed by atoms with E-state index in [9.17, 15) is 9.90 Å². The Morgan fingerprint density at radius 2 is 2.13 bits per heavy atom. The molecule has 0 spiro atoms. The zero-order valence-corrected chi connectivity index (χ0v) is 17.9. The average molecular weight is 446 g/mol. The van der Waals surface area contributed by atoms with Gasteiger partial charge in [0.15, 0.2) is 0 Å². The van der Waals surface area contributed by atoms with Crippen molar-refractivity contribution in [2.24, 2.45) is 0 Å². The molecule has 3 atom stereocenters. The number of hydrogen-bond donors (Lipinski definition) is 2. The van der Waals surface area contributed by atoms with Crippen molar-refractivity contribution in [1.29, 1.82) is 0 Å². The van der Waals surface area contributed by atoms with E-state index in [4.69, 9.17) is 16.3 Å². The van der Waals surface area contributed by atoms with Gasteiger partial charge in [-0.1, -0.05) is 17.7 Å².